The van der Waals surface area contributed by atoms with Crippen molar-refractivity contribution in [2.45, 2.75) is 36.9 Å². The van der Waals surface area contributed by atoms with Crippen molar-refractivity contribution >= 4 is 29.3 Å². The standard InChI is InChI=1S/C36H39N5O5/c1-45-36(44)41(35(43)33(37)32(26-14-5-2-6-15-26)27-16-7-3-8-17-27)31-20-12-11-13-25(31)21-22-29-23-38-30(24-46-29)34(42)40-39-28-18-9-4-10-19-28/h2-20,29-30,32-33,38-39H,21-24,37H2,1H3,(H,40,42)/t29-,30+,33+/m1/s1. The van der Waals surface area contributed by atoms with E-state index in [2.05, 4.69) is 16.2 Å². The number of nitrogens with one attached hydrogen (secondary N) is 3. The van der Waals surface area contributed by atoms with Crippen molar-refractivity contribution in [1.29, 1.82) is 0 Å². The summed E-state index contributed by atoms with van der Waals surface area (Å²) in [4.78, 5) is 41.0. The van der Waals surface area contributed by atoms with E-state index in [1.807, 2.05) is 103 Å². The second-order valence-corrected chi connectivity index (χ2v) is 11.0. The second-order valence-electron chi connectivity index (χ2n) is 11.0. The number of hydrazine groups is 1. The van der Waals surface area contributed by atoms with Gasteiger partial charge >= 0.3 is 6.09 Å². The summed E-state index contributed by atoms with van der Waals surface area (Å²) in [6.45, 7) is 0.669. The Kier molecular flexibility index (Phi) is 11.1. The number of amides is 3. The number of nitrogens with zero attached hydrogens (tertiary/aromatic N) is 1. The maximum atomic E-state index is 14.2. The maximum absolute atomic E-state index is 14.2. The zero-order valence-corrected chi connectivity index (χ0v) is 25.7. The van der Waals surface area contributed by atoms with E-state index in [9.17, 15) is 14.4 Å². The number of benzene rings is 4. The van der Waals surface area contributed by atoms with Crippen LogP contribution in [-0.4, -0.2) is 56.4 Å². The molecule has 0 aromatic heterocycles. The van der Waals surface area contributed by atoms with E-state index in [-0.39, 0.29) is 18.6 Å². The van der Waals surface area contributed by atoms with Crippen LogP contribution >= 0.6 is 0 Å². The number of carbonyl (C=O) groups excluding carboxylic acids is 3. The fourth-order valence-electron chi connectivity index (χ4n) is 5.59. The molecule has 1 saturated heterocycles. The summed E-state index contributed by atoms with van der Waals surface area (Å²) in [5.41, 5.74) is 16.0. The fraction of sp³-hybridized carbons (Fsp3) is 0.250. The number of nitrogens with two attached hydrogens (primary N) is 1. The average Bonchev–Trinajstić information content (AvgIpc) is 3.11. The summed E-state index contributed by atoms with van der Waals surface area (Å²) in [5.74, 6) is -1.30. The number of hydrogen-bond donors (Lipinski definition) is 4. The van der Waals surface area contributed by atoms with Gasteiger partial charge in [0.05, 0.1) is 37.2 Å². The molecule has 1 aliphatic heterocycles. The number of ether oxygens (including phenoxy) is 2. The second kappa shape index (κ2) is 15.8. The lowest BCUT2D eigenvalue weighted by Gasteiger charge is -2.31. The van der Waals surface area contributed by atoms with Crippen LogP contribution in [0.4, 0.5) is 16.2 Å². The van der Waals surface area contributed by atoms with Crippen LogP contribution in [-0.2, 0) is 25.5 Å². The smallest absolute Gasteiger partial charge is 0.420 e. The molecule has 0 bridgehead atoms. The van der Waals surface area contributed by atoms with Crippen molar-refractivity contribution in [3.8, 4) is 0 Å². The highest BCUT2D eigenvalue weighted by Crippen LogP contribution is 2.31. The summed E-state index contributed by atoms with van der Waals surface area (Å²) < 4.78 is 11.1. The van der Waals surface area contributed by atoms with Gasteiger partial charge in [0, 0.05) is 12.5 Å². The molecule has 1 aliphatic rings. The Morgan fingerprint density at radius 1 is 0.891 bits per heavy atom. The van der Waals surface area contributed by atoms with Gasteiger partial charge in [0.15, 0.2) is 0 Å². The molecule has 5 rings (SSSR count). The predicted octanol–water partition coefficient (Wildman–Crippen LogP) is 4.38. The van der Waals surface area contributed by atoms with Gasteiger partial charge in [-0.2, -0.15) is 0 Å². The first-order valence-corrected chi connectivity index (χ1v) is 15.3. The van der Waals surface area contributed by atoms with E-state index >= 15 is 0 Å². The van der Waals surface area contributed by atoms with Crippen LogP contribution in [0.1, 0.15) is 29.0 Å². The van der Waals surface area contributed by atoms with E-state index in [1.165, 1.54) is 7.11 Å². The maximum Gasteiger partial charge on any atom is 0.420 e. The molecule has 3 amide bonds. The van der Waals surface area contributed by atoms with E-state index in [0.29, 0.717) is 25.1 Å². The number of methoxy groups -OCH3 is 1. The molecule has 10 nitrogen and oxygen atoms in total. The van der Waals surface area contributed by atoms with E-state index in [0.717, 1.165) is 27.3 Å². The van der Waals surface area contributed by atoms with Crippen molar-refractivity contribution in [3.63, 3.8) is 0 Å². The summed E-state index contributed by atoms with van der Waals surface area (Å²) in [6.07, 6.45) is 0.101. The normalized spacial score (nSPS) is 16.7. The first-order chi connectivity index (χ1) is 22.5. The third kappa shape index (κ3) is 7.97. The summed E-state index contributed by atoms with van der Waals surface area (Å²) >= 11 is 0. The van der Waals surface area contributed by atoms with E-state index in [4.69, 9.17) is 15.2 Å². The van der Waals surface area contributed by atoms with Crippen molar-refractivity contribution in [2.24, 2.45) is 5.73 Å². The first kappa shape index (κ1) is 32.4. The minimum absolute atomic E-state index is 0.177. The molecule has 0 aliphatic carbocycles. The lowest BCUT2D eigenvalue weighted by atomic mass is 9.84. The van der Waals surface area contributed by atoms with Gasteiger partial charge in [0.2, 0.25) is 0 Å². The molecule has 4 aromatic rings. The zero-order chi connectivity index (χ0) is 32.3. The molecule has 3 atom stereocenters. The topological polar surface area (TPSA) is 135 Å². The number of rotatable bonds is 11. The van der Waals surface area contributed by atoms with Crippen molar-refractivity contribution in [1.82, 2.24) is 10.7 Å². The minimum atomic E-state index is -1.08. The average molecular weight is 622 g/mol. The molecule has 0 spiro atoms. The molecule has 0 saturated carbocycles. The number of carbonyl (C=O) groups is 3. The Morgan fingerprint density at radius 2 is 1.48 bits per heavy atom. The number of para-hydroxylation sites is 2. The monoisotopic (exact) mass is 621 g/mol. The highest BCUT2D eigenvalue weighted by atomic mass is 16.5. The Balaban J connectivity index is 1.26. The van der Waals surface area contributed by atoms with Crippen LogP contribution in [0.3, 0.4) is 0 Å². The molecule has 4 aromatic carbocycles. The van der Waals surface area contributed by atoms with Gasteiger partial charge in [-0.15, -0.1) is 0 Å². The van der Waals surface area contributed by atoms with Crippen LogP contribution in [0.25, 0.3) is 0 Å². The Labute approximate surface area is 268 Å². The molecule has 238 valence electrons. The Hall–Kier alpha value is -5.03. The molecular weight excluding hydrogens is 582 g/mol. The summed E-state index contributed by atoms with van der Waals surface area (Å²) in [6, 6.07) is 34.1. The number of anilines is 2. The van der Waals surface area contributed by atoms with Crippen molar-refractivity contribution in [2.75, 3.05) is 30.6 Å². The Bertz CT molecular complexity index is 1540. The molecule has 10 heteroatoms. The lowest BCUT2D eigenvalue weighted by Crippen LogP contribution is -2.55. The number of morpholine rings is 1. The third-order valence-corrected chi connectivity index (χ3v) is 8.02. The van der Waals surface area contributed by atoms with Crippen LogP contribution < -0.4 is 26.8 Å². The van der Waals surface area contributed by atoms with Gasteiger partial charge < -0.3 is 20.5 Å². The molecule has 0 radical (unpaired) electrons. The summed E-state index contributed by atoms with van der Waals surface area (Å²) in [7, 11) is 1.24. The van der Waals surface area contributed by atoms with Gasteiger partial charge in [0.1, 0.15) is 6.04 Å². The predicted molar refractivity (Wildman–Crippen MR) is 177 cm³/mol. The quantitative estimate of drug-likeness (QED) is 0.181. The molecule has 1 fully saturated rings. The first-order valence-electron chi connectivity index (χ1n) is 15.3. The van der Waals surface area contributed by atoms with Gasteiger partial charge in [-0.05, 0) is 47.7 Å². The highest BCUT2D eigenvalue weighted by Gasteiger charge is 2.36. The lowest BCUT2D eigenvalue weighted by molar-refractivity contribution is -0.127. The van der Waals surface area contributed by atoms with Crippen LogP contribution in [0.15, 0.2) is 115 Å². The molecule has 1 heterocycles. The molecule has 46 heavy (non-hydrogen) atoms. The van der Waals surface area contributed by atoms with Crippen molar-refractivity contribution in [3.05, 3.63) is 132 Å². The van der Waals surface area contributed by atoms with E-state index < -0.39 is 30.0 Å². The minimum Gasteiger partial charge on any atom is -0.452 e. The third-order valence-electron chi connectivity index (χ3n) is 8.02. The summed E-state index contributed by atoms with van der Waals surface area (Å²) in [5, 5.41) is 3.25. The largest absolute Gasteiger partial charge is 0.452 e. The van der Waals surface area contributed by atoms with E-state index in [1.54, 1.807) is 12.1 Å². The zero-order valence-electron chi connectivity index (χ0n) is 25.7. The molecule has 5 N–H and O–H groups in total. The number of imide groups is 1. The Morgan fingerprint density at radius 3 is 2.07 bits per heavy atom. The van der Waals surface area contributed by atoms with Gasteiger partial charge in [-0.25, -0.2) is 9.69 Å². The van der Waals surface area contributed by atoms with Crippen LogP contribution in [0.2, 0.25) is 0 Å². The highest BCUT2D eigenvalue weighted by molar-refractivity contribution is 6.15. The fourth-order valence-corrected chi connectivity index (χ4v) is 5.59. The number of hydrogen-bond acceptors (Lipinski definition) is 8. The van der Waals surface area contributed by atoms with Gasteiger partial charge in [-0.1, -0.05) is 97.1 Å². The van der Waals surface area contributed by atoms with Crippen LogP contribution in [0, 0.1) is 0 Å². The van der Waals surface area contributed by atoms with Gasteiger partial charge in [0.25, 0.3) is 11.8 Å². The van der Waals surface area contributed by atoms with Crippen molar-refractivity contribution < 1.29 is 23.9 Å². The SMILES string of the molecule is COC(=O)N(C(=O)[C@@H](N)C(c1ccccc1)c1ccccc1)c1ccccc1CC[C@@H]1CN[C@H](C(=O)NNc2ccccc2)CO1. The van der Waals surface area contributed by atoms with Gasteiger partial charge in [-0.3, -0.25) is 20.4 Å². The molecular formula is C36H39N5O5. The number of aryl methyl sites for hydroxylation is 1. The molecule has 0 unspecified atom stereocenters. The van der Waals surface area contributed by atoms with Crippen LogP contribution in [0.5, 0.6) is 0 Å².